The fraction of sp³-hybridized carbons (Fsp3) is 0.500. The minimum atomic E-state index is -0.611. The molecule has 0 N–H and O–H groups in total. The monoisotopic (exact) mass is 282 g/mol. The summed E-state index contributed by atoms with van der Waals surface area (Å²) in [7, 11) is 0. The van der Waals surface area contributed by atoms with Gasteiger partial charge in [0.2, 0.25) is 0 Å². The van der Waals surface area contributed by atoms with Crippen molar-refractivity contribution in [3.63, 3.8) is 0 Å². The Labute approximate surface area is 122 Å². The van der Waals surface area contributed by atoms with Crippen LogP contribution in [0.4, 0.5) is 0 Å². The first-order valence-electron chi connectivity index (χ1n) is 6.85. The molecule has 0 amide bonds. The molecule has 114 valence electrons. The number of rotatable bonds is 9. The first-order valence-corrected chi connectivity index (χ1v) is 6.85. The van der Waals surface area contributed by atoms with Crippen LogP contribution in [0.15, 0.2) is 37.5 Å². The highest BCUT2D eigenvalue weighted by molar-refractivity contribution is 5.91. The van der Waals surface area contributed by atoms with E-state index in [0.29, 0.717) is 0 Å². The van der Waals surface area contributed by atoms with Crippen molar-refractivity contribution in [3.05, 3.63) is 37.5 Å². The van der Waals surface area contributed by atoms with Gasteiger partial charge >= 0.3 is 11.9 Å². The van der Waals surface area contributed by atoms with Crippen molar-refractivity contribution < 1.29 is 19.1 Å². The lowest BCUT2D eigenvalue weighted by Crippen LogP contribution is -2.04. The van der Waals surface area contributed by atoms with Crippen molar-refractivity contribution in [2.45, 2.75) is 39.5 Å². The summed E-state index contributed by atoms with van der Waals surface area (Å²) in [6.07, 6.45) is 10.4. The Morgan fingerprint density at radius 3 is 1.45 bits per heavy atom. The molecule has 0 saturated carbocycles. The normalized spacial score (nSPS) is 9.30. The lowest BCUT2D eigenvalue weighted by molar-refractivity contribution is -0.139. The van der Waals surface area contributed by atoms with Crippen LogP contribution >= 0.6 is 0 Å². The Morgan fingerprint density at radius 2 is 1.20 bits per heavy atom. The van der Waals surface area contributed by atoms with Gasteiger partial charge in [-0.15, -0.1) is 0 Å². The number of esters is 2. The molecule has 0 aromatic carbocycles. The summed E-state index contributed by atoms with van der Waals surface area (Å²) < 4.78 is 9.15. The molecule has 4 nitrogen and oxygen atoms in total. The van der Waals surface area contributed by atoms with Crippen molar-refractivity contribution >= 4 is 11.9 Å². The topological polar surface area (TPSA) is 52.6 Å². The van der Waals surface area contributed by atoms with E-state index >= 15 is 0 Å². The largest absolute Gasteiger partial charge is 0.458 e. The highest BCUT2D eigenvalue weighted by Gasteiger charge is 1.98. The maximum atomic E-state index is 10.8. The second-order valence-electron chi connectivity index (χ2n) is 3.88. The Morgan fingerprint density at radius 1 is 0.850 bits per heavy atom. The molecule has 20 heavy (non-hydrogen) atoms. The minimum Gasteiger partial charge on any atom is -0.458 e. The third-order valence-corrected chi connectivity index (χ3v) is 2.00. The van der Waals surface area contributed by atoms with Crippen molar-refractivity contribution in [1.29, 1.82) is 0 Å². The lowest BCUT2D eigenvalue weighted by Gasteiger charge is -1.96. The van der Waals surface area contributed by atoms with E-state index in [4.69, 9.17) is 0 Å². The fourth-order valence-corrected chi connectivity index (χ4v) is 1.01. The van der Waals surface area contributed by atoms with Gasteiger partial charge in [-0.05, 0) is 0 Å². The molecule has 0 rings (SSSR count). The summed E-state index contributed by atoms with van der Waals surface area (Å²) in [6, 6.07) is 0. The van der Waals surface area contributed by atoms with Gasteiger partial charge in [0.1, 0.15) is 13.2 Å². The molecule has 0 saturated heterocycles. The predicted octanol–water partition coefficient (Wildman–Crippen LogP) is 3.59. The van der Waals surface area contributed by atoms with E-state index < -0.39 is 11.9 Å². The number of hydrogen-bond donors (Lipinski definition) is 0. The van der Waals surface area contributed by atoms with Gasteiger partial charge in [-0.2, -0.15) is 0 Å². The van der Waals surface area contributed by atoms with E-state index in [2.05, 4.69) is 36.5 Å². The van der Waals surface area contributed by atoms with Gasteiger partial charge in [0, 0.05) is 12.2 Å². The molecule has 0 heterocycles. The molecular formula is C16H26O4. The molecule has 0 atom stereocenters. The quantitative estimate of drug-likeness (QED) is 0.281. The zero-order valence-electron chi connectivity index (χ0n) is 12.6. The molecule has 0 fully saturated rings. The van der Waals surface area contributed by atoms with Crippen molar-refractivity contribution in [2.75, 3.05) is 13.2 Å². The van der Waals surface area contributed by atoms with Gasteiger partial charge in [-0.25, -0.2) is 9.59 Å². The van der Waals surface area contributed by atoms with Crippen molar-refractivity contribution in [3.8, 4) is 0 Å². The molecule has 0 radical (unpaired) electrons. The number of carbonyl (C=O) groups is 2. The summed E-state index contributed by atoms with van der Waals surface area (Å²) in [5, 5.41) is 0. The SMILES string of the molecule is C=CCOC(=O)C=CC(=O)OCC=C.CCCCCC. The second-order valence-corrected chi connectivity index (χ2v) is 3.88. The average molecular weight is 282 g/mol. The smallest absolute Gasteiger partial charge is 0.331 e. The zero-order chi connectivity index (χ0) is 15.6. The van der Waals surface area contributed by atoms with Gasteiger partial charge < -0.3 is 9.47 Å². The number of ether oxygens (including phenoxy) is 2. The van der Waals surface area contributed by atoms with E-state index in [1.54, 1.807) is 0 Å². The lowest BCUT2D eigenvalue weighted by atomic mass is 10.2. The highest BCUT2D eigenvalue weighted by Crippen LogP contribution is 1.95. The molecule has 0 bridgehead atoms. The molecule has 0 aliphatic heterocycles. The molecule has 0 aliphatic rings. The van der Waals surface area contributed by atoms with Crippen LogP contribution in [0, 0.1) is 0 Å². The maximum absolute atomic E-state index is 10.8. The summed E-state index contributed by atoms with van der Waals surface area (Å²) >= 11 is 0. The van der Waals surface area contributed by atoms with Crippen LogP contribution in [0.5, 0.6) is 0 Å². The predicted molar refractivity (Wildman–Crippen MR) is 81.3 cm³/mol. The Bertz CT molecular complexity index is 276. The van der Waals surface area contributed by atoms with E-state index in [-0.39, 0.29) is 13.2 Å². The van der Waals surface area contributed by atoms with Gasteiger partial charge in [0.15, 0.2) is 0 Å². The first-order chi connectivity index (χ1) is 9.62. The van der Waals surface area contributed by atoms with Crippen LogP contribution in [0.25, 0.3) is 0 Å². The van der Waals surface area contributed by atoms with Gasteiger partial charge in [0.25, 0.3) is 0 Å². The van der Waals surface area contributed by atoms with Crippen LogP contribution < -0.4 is 0 Å². The second kappa shape index (κ2) is 17.2. The Hall–Kier alpha value is -1.84. The summed E-state index contributed by atoms with van der Waals surface area (Å²) in [5.74, 6) is -1.22. The summed E-state index contributed by atoms with van der Waals surface area (Å²) in [5.41, 5.74) is 0. The van der Waals surface area contributed by atoms with Crippen LogP contribution in [0.2, 0.25) is 0 Å². The molecule has 0 aliphatic carbocycles. The first kappa shape index (κ1) is 20.5. The molecule has 0 spiro atoms. The van der Waals surface area contributed by atoms with Crippen LogP contribution in [0.3, 0.4) is 0 Å². The standard InChI is InChI=1S/C10H12O4.C6H14/c1-3-7-13-9(11)5-6-10(12)14-8-4-2;1-3-5-6-4-2/h3-6H,1-2,7-8H2;3-6H2,1-2H3. The number of carbonyl (C=O) groups excluding carboxylic acids is 2. The number of hydrogen-bond acceptors (Lipinski definition) is 4. The fourth-order valence-electron chi connectivity index (χ4n) is 1.01. The van der Waals surface area contributed by atoms with E-state index in [9.17, 15) is 9.59 Å². The molecular weight excluding hydrogens is 256 g/mol. The minimum absolute atomic E-state index is 0.116. The zero-order valence-corrected chi connectivity index (χ0v) is 12.6. The molecule has 4 heteroatoms. The van der Waals surface area contributed by atoms with E-state index in [1.165, 1.54) is 37.8 Å². The van der Waals surface area contributed by atoms with Gasteiger partial charge in [-0.3, -0.25) is 0 Å². The summed E-state index contributed by atoms with van der Waals surface area (Å²) in [4.78, 5) is 21.6. The third-order valence-electron chi connectivity index (χ3n) is 2.00. The van der Waals surface area contributed by atoms with Crippen LogP contribution in [0.1, 0.15) is 39.5 Å². The van der Waals surface area contributed by atoms with Crippen molar-refractivity contribution in [1.82, 2.24) is 0 Å². The Balaban J connectivity index is 0. The number of unbranched alkanes of at least 4 members (excludes halogenated alkanes) is 3. The highest BCUT2D eigenvalue weighted by atomic mass is 16.5. The molecule has 0 aromatic heterocycles. The van der Waals surface area contributed by atoms with Crippen LogP contribution in [-0.2, 0) is 19.1 Å². The average Bonchev–Trinajstić information content (AvgIpc) is 2.47. The van der Waals surface area contributed by atoms with E-state index in [1.807, 2.05) is 0 Å². The van der Waals surface area contributed by atoms with E-state index in [0.717, 1.165) is 12.2 Å². The third kappa shape index (κ3) is 18.5. The van der Waals surface area contributed by atoms with Crippen molar-refractivity contribution in [2.24, 2.45) is 0 Å². The van der Waals surface area contributed by atoms with Gasteiger partial charge in [0.05, 0.1) is 0 Å². The summed E-state index contributed by atoms with van der Waals surface area (Å²) in [6.45, 7) is 11.4. The van der Waals surface area contributed by atoms with Gasteiger partial charge in [-0.1, -0.05) is 64.8 Å². The Kier molecular flexibility index (Phi) is 17.6. The molecule has 0 unspecified atom stereocenters. The van der Waals surface area contributed by atoms with Crippen LogP contribution in [-0.4, -0.2) is 25.2 Å². The molecule has 0 aromatic rings. The maximum Gasteiger partial charge on any atom is 0.331 e.